The monoisotopic (exact) mass is 361 g/mol. The van der Waals surface area contributed by atoms with Crippen molar-refractivity contribution in [3.05, 3.63) is 58.0 Å². The smallest absolute Gasteiger partial charge is 0.317 e. The number of hydrogen-bond acceptors (Lipinski definition) is 3. The van der Waals surface area contributed by atoms with Gasteiger partial charge in [0.2, 0.25) is 0 Å². The molecule has 1 aromatic heterocycles. The van der Waals surface area contributed by atoms with Crippen LogP contribution in [0, 0.1) is 5.82 Å². The zero-order valence-corrected chi connectivity index (χ0v) is 14.6. The summed E-state index contributed by atoms with van der Waals surface area (Å²) in [6, 6.07) is 9.84. The van der Waals surface area contributed by atoms with Crippen LogP contribution >= 0.6 is 11.3 Å². The van der Waals surface area contributed by atoms with Crippen molar-refractivity contribution < 1.29 is 14.0 Å². The second-order valence-corrected chi connectivity index (χ2v) is 6.81. The van der Waals surface area contributed by atoms with Crippen LogP contribution in [0.3, 0.4) is 0 Å². The van der Waals surface area contributed by atoms with Gasteiger partial charge in [0.05, 0.1) is 4.88 Å². The van der Waals surface area contributed by atoms with Crippen molar-refractivity contribution in [3.8, 4) is 0 Å². The Kier molecular flexibility index (Phi) is 5.65. The summed E-state index contributed by atoms with van der Waals surface area (Å²) in [5.74, 6) is -0.228. The summed E-state index contributed by atoms with van der Waals surface area (Å²) in [5, 5.41) is 4.77. The summed E-state index contributed by atoms with van der Waals surface area (Å²) < 4.78 is 12.9. The highest BCUT2D eigenvalue weighted by Gasteiger charge is 2.24. The summed E-state index contributed by atoms with van der Waals surface area (Å²) in [4.78, 5) is 28.7. The van der Waals surface area contributed by atoms with E-state index in [4.69, 9.17) is 0 Å². The molecule has 7 heteroatoms. The minimum absolute atomic E-state index is 0.0337. The number of amides is 3. The third kappa shape index (κ3) is 4.57. The van der Waals surface area contributed by atoms with Gasteiger partial charge < -0.3 is 15.1 Å². The Morgan fingerprint density at radius 1 is 1.04 bits per heavy atom. The minimum atomic E-state index is -0.261. The zero-order chi connectivity index (χ0) is 17.6. The van der Waals surface area contributed by atoms with E-state index >= 15 is 0 Å². The van der Waals surface area contributed by atoms with Crippen LogP contribution in [0.4, 0.5) is 9.18 Å². The summed E-state index contributed by atoms with van der Waals surface area (Å²) in [7, 11) is 0. The first kappa shape index (κ1) is 17.4. The van der Waals surface area contributed by atoms with Crippen molar-refractivity contribution in [3.63, 3.8) is 0 Å². The minimum Gasteiger partial charge on any atom is -0.338 e. The van der Waals surface area contributed by atoms with Gasteiger partial charge in [0.1, 0.15) is 5.82 Å². The molecule has 1 aliphatic rings. The maximum Gasteiger partial charge on any atom is 0.317 e. The molecule has 0 saturated carbocycles. The maximum absolute atomic E-state index is 12.9. The van der Waals surface area contributed by atoms with Gasteiger partial charge in [-0.05, 0) is 35.6 Å². The molecule has 5 nitrogen and oxygen atoms in total. The number of rotatable bonds is 4. The fraction of sp³-hybridized carbons (Fsp3) is 0.333. The molecule has 0 spiro atoms. The molecule has 0 aliphatic carbocycles. The van der Waals surface area contributed by atoms with Gasteiger partial charge in [0.15, 0.2) is 0 Å². The molecule has 0 bridgehead atoms. The van der Waals surface area contributed by atoms with Gasteiger partial charge in [-0.2, -0.15) is 0 Å². The molecule has 0 atom stereocenters. The Labute approximate surface area is 150 Å². The number of halogens is 1. The fourth-order valence-electron chi connectivity index (χ4n) is 2.75. The molecule has 0 radical (unpaired) electrons. The van der Waals surface area contributed by atoms with E-state index in [0.717, 1.165) is 10.4 Å². The molecule has 132 valence electrons. The van der Waals surface area contributed by atoms with Crippen LogP contribution in [0.25, 0.3) is 0 Å². The summed E-state index contributed by atoms with van der Waals surface area (Å²) in [6.07, 6.45) is 0.656. The van der Waals surface area contributed by atoms with Crippen LogP contribution in [0.5, 0.6) is 0 Å². The predicted octanol–water partition coefficient (Wildman–Crippen LogP) is 2.60. The molecule has 2 heterocycles. The van der Waals surface area contributed by atoms with Crippen LogP contribution in [0.15, 0.2) is 41.8 Å². The number of piperazine rings is 1. The standard InChI is InChI=1S/C18H20FN3O2S/c19-15-5-3-14(4-6-15)7-8-20-18(24)22-11-9-21(10-12-22)17(23)16-2-1-13-25-16/h1-6,13H,7-12H2,(H,20,24). The first-order chi connectivity index (χ1) is 12.1. The highest BCUT2D eigenvalue weighted by atomic mass is 32.1. The van der Waals surface area contributed by atoms with Gasteiger partial charge in [0, 0.05) is 32.7 Å². The lowest BCUT2D eigenvalue weighted by Crippen LogP contribution is -2.53. The van der Waals surface area contributed by atoms with Gasteiger partial charge in [-0.15, -0.1) is 11.3 Å². The molecule has 1 fully saturated rings. The lowest BCUT2D eigenvalue weighted by atomic mass is 10.1. The van der Waals surface area contributed by atoms with Crippen LogP contribution in [0.1, 0.15) is 15.2 Å². The van der Waals surface area contributed by atoms with Crippen molar-refractivity contribution in [2.45, 2.75) is 6.42 Å². The van der Waals surface area contributed by atoms with E-state index in [9.17, 15) is 14.0 Å². The second-order valence-electron chi connectivity index (χ2n) is 5.86. The first-order valence-electron chi connectivity index (χ1n) is 8.23. The lowest BCUT2D eigenvalue weighted by molar-refractivity contribution is 0.0670. The number of urea groups is 1. The number of benzene rings is 1. The molecule has 1 aliphatic heterocycles. The zero-order valence-electron chi connectivity index (χ0n) is 13.8. The van der Waals surface area contributed by atoms with Crippen LogP contribution in [-0.2, 0) is 6.42 Å². The van der Waals surface area contributed by atoms with Crippen molar-refractivity contribution in [2.24, 2.45) is 0 Å². The molecule has 3 rings (SSSR count). The Morgan fingerprint density at radius 2 is 1.72 bits per heavy atom. The highest BCUT2D eigenvalue weighted by Crippen LogP contribution is 2.14. The Morgan fingerprint density at radius 3 is 2.36 bits per heavy atom. The predicted molar refractivity (Wildman–Crippen MR) is 95.3 cm³/mol. The normalized spacial score (nSPS) is 14.4. The van der Waals surface area contributed by atoms with Crippen molar-refractivity contribution in [1.82, 2.24) is 15.1 Å². The van der Waals surface area contributed by atoms with E-state index in [2.05, 4.69) is 5.32 Å². The fourth-order valence-corrected chi connectivity index (χ4v) is 3.44. The van der Waals surface area contributed by atoms with Crippen molar-refractivity contribution in [1.29, 1.82) is 0 Å². The quantitative estimate of drug-likeness (QED) is 0.910. The van der Waals surface area contributed by atoms with Crippen LogP contribution in [-0.4, -0.2) is 54.5 Å². The molecule has 1 saturated heterocycles. The molecular formula is C18H20FN3O2S. The molecule has 0 unspecified atom stereocenters. The molecule has 2 aromatic rings. The van der Waals surface area contributed by atoms with Crippen LogP contribution < -0.4 is 5.32 Å². The highest BCUT2D eigenvalue weighted by molar-refractivity contribution is 7.12. The van der Waals surface area contributed by atoms with Gasteiger partial charge in [-0.3, -0.25) is 4.79 Å². The molecule has 1 N–H and O–H groups in total. The average molecular weight is 361 g/mol. The second kappa shape index (κ2) is 8.11. The Hall–Kier alpha value is -2.41. The number of carbonyl (C=O) groups is 2. The average Bonchev–Trinajstić information content (AvgIpc) is 3.17. The Balaban J connectivity index is 1.41. The number of nitrogens with zero attached hydrogens (tertiary/aromatic N) is 2. The maximum atomic E-state index is 12.9. The summed E-state index contributed by atoms with van der Waals surface area (Å²) in [5.41, 5.74) is 0.980. The van der Waals surface area contributed by atoms with E-state index in [-0.39, 0.29) is 17.8 Å². The number of nitrogens with one attached hydrogen (secondary N) is 1. The van der Waals surface area contributed by atoms with E-state index in [0.29, 0.717) is 39.1 Å². The topological polar surface area (TPSA) is 52.7 Å². The third-order valence-corrected chi connectivity index (χ3v) is 5.05. The lowest BCUT2D eigenvalue weighted by Gasteiger charge is -2.34. The van der Waals surface area contributed by atoms with Crippen molar-refractivity contribution in [2.75, 3.05) is 32.7 Å². The molecular weight excluding hydrogens is 341 g/mol. The third-order valence-electron chi connectivity index (χ3n) is 4.19. The largest absolute Gasteiger partial charge is 0.338 e. The number of thiophene rings is 1. The summed E-state index contributed by atoms with van der Waals surface area (Å²) >= 11 is 1.43. The molecule has 3 amide bonds. The van der Waals surface area contributed by atoms with Gasteiger partial charge in [-0.25, -0.2) is 9.18 Å². The molecule has 25 heavy (non-hydrogen) atoms. The molecule has 1 aromatic carbocycles. The van der Waals surface area contributed by atoms with Gasteiger partial charge in [-0.1, -0.05) is 18.2 Å². The number of hydrogen-bond donors (Lipinski definition) is 1. The van der Waals surface area contributed by atoms with Gasteiger partial charge in [0.25, 0.3) is 5.91 Å². The van der Waals surface area contributed by atoms with Crippen LogP contribution in [0.2, 0.25) is 0 Å². The van der Waals surface area contributed by atoms with E-state index < -0.39 is 0 Å². The van der Waals surface area contributed by atoms with E-state index in [1.165, 1.54) is 23.5 Å². The first-order valence-corrected chi connectivity index (χ1v) is 9.11. The SMILES string of the molecule is O=C(NCCc1ccc(F)cc1)N1CCN(C(=O)c2cccs2)CC1. The Bertz CT molecular complexity index is 710. The van der Waals surface area contributed by atoms with Crippen molar-refractivity contribution >= 4 is 23.3 Å². The number of carbonyl (C=O) groups excluding carboxylic acids is 2. The van der Waals surface area contributed by atoms with E-state index in [1.807, 2.05) is 17.5 Å². The van der Waals surface area contributed by atoms with Gasteiger partial charge >= 0.3 is 6.03 Å². The summed E-state index contributed by atoms with van der Waals surface area (Å²) in [6.45, 7) is 2.64. The van der Waals surface area contributed by atoms with E-state index in [1.54, 1.807) is 21.9 Å².